The summed E-state index contributed by atoms with van der Waals surface area (Å²) in [7, 11) is 0. The van der Waals surface area contributed by atoms with Crippen molar-refractivity contribution >= 4 is 75.1 Å². The topological polar surface area (TPSA) is 51.8 Å². The Hall–Kier alpha value is -8.25. The molecule has 0 radical (unpaired) electrons. The number of hydrogen-bond donors (Lipinski definition) is 0. The first-order valence-electron chi connectivity index (χ1n) is 21.5. The molecule has 4 aromatic heterocycles. The molecule has 4 nitrogen and oxygen atoms in total. The molecule has 0 aliphatic rings. The van der Waals surface area contributed by atoms with Gasteiger partial charge in [0.15, 0.2) is 5.82 Å². The maximum atomic E-state index is 6.71. The first kappa shape index (κ1) is 36.4. The van der Waals surface area contributed by atoms with Crippen LogP contribution in [0.3, 0.4) is 0 Å². The van der Waals surface area contributed by atoms with E-state index in [2.05, 4.69) is 188 Å². The summed E-state index contributed by atoms with van der Waals surface area (Å²) in [5.41, 5.74) is 14.0. The van der Waals surface area contributed by atoms with Crippen LogP contribution in [0, 0.1) is 0 Å². The molecule has 4 heterocycles. The van der Waals surface area contributed by atoms with Crippen molar-refractivity contribution in [3.8, 4) is 67.4 Å². The summed E-state index contributed by atoms with van der Waals surface area (Å²) in [4.78, 5) is 15.8. The highest BCUT2D eigenvalue weighted by Gasteiger charge is 2.22. The number of para-hydroxylation sites is 2. The van der Waals surface area contributed by atoms with Crippen LogP contribution in [-0.2, 0) is 0 Å². The molecule has 0 spiro atoms. The Morgan fingerprint density at radius 2 is 0.969 bits per heavy atom. The first-order chi connectivity index (χ1) is 31.7. The minimum atomic E-state index is 0.694. The zero-order chi connectivity index (χ0) is 42.1. The van der Waals surface area contributed by atoms with Crippen LogP contribution in [0.25, 0.3) is 131 Å². The molecule has 0 saturated carbocycles. The average Bonchev–Trinajstić information content (AvgIpc) is 3.94. The Morgan fingerprint density at radius 1 is 0.359 bits per heavy atom. The number of hydrogen-bond acceptors (Lipinski definition) is 5. The summed E-state index contributed by atoms with van der Waals surface area (Å²) < 4.78 is 9.20. The Bertz CT molecular complexity index is 3930. The van der Waals surface area contributed by atoms with Gasteiger partial charge in [-0.3, -0.25) is 0 Å². The van der Waals surface area contributed by atoms with E-state index in [1.54, 1.807) is 0 Å². The van der Waals surface area contributed by atoms with Crippen LogP contribution < -0.4 is 0 Å². The van der Waals surface area contributed by atoms with Crippen molar-refractivity contribution < 1.29 is 4.42 Å². The third-order valence-corrected chi connectivity index (χ3v) is 13.7. The van der Waals surface area contributed by atoms with Crippen molar-refractivity contribution in [2.75, 3.05) is 0 Å². The third-order valence-electron chi connectivity index (χ3n) is 12.5. The van der Waals surface area contributed by atoms with Gasteiger partial charge in [0.2, 0.25) is 0 Å². The van der Waals surface area contributed by atoms with Crippen LogP contribution in [0.15, 0.2) is 217 Å². The van der Waals surface area contributed by atoms with Gasteiger partial charge in [0, 0.05) is 74.9 Å². The van der Waals surface area contributed by atoms with E-state index in [-0.39, 0.29) is 0 Å². The Kier molecular flexibility index (Phi) is 8.36. The van der Waals surface area contributed by atoms with Crippen LogP contribution in [0.2, 0.25) is 0 Å². The second kappa shape index (κ2) is 14.7. The predicted molar refractivity (Wildman–Crippen MR) is 268 cm³/mol. The van der Waals surface area contributed by atoms with E-state index in [4.69, 9.17) is 19.4 Å². The van der Waals surface area contributed by atoms with Gasteiger partial charge in [-0.2, -0.15) is 0 Å². The number of nitrogens with zero attached hydrogens (tertiary/aromatic N) is 3. The molecule has 0 amide bonds. The molecular weight excluding hydrogens is 799 g/mol. The number of fused-ring (bicyclic) bond motifs is 9. The lowest BCUT2D eigenvalue weighted by Gasteiger charge is -2.16. The summed E-state index contributed by atoms with van der Waals surface area (Å²) in [6, 6.07) is 74.8. The molecule has 9 aromatic carbocycles. The molecule has 0 aliphatic heterocycles. The fraction of sp³-hybridized carbons (Fsp3) is 0. The lowest BCUT2D eigenvalue weighted by atomic mass is 9.89. The number of aromatic nitrogens is 3. The number of furan rings is 1. The SMILES string of the molecule is c1ccc(-c2ccc(-c3nc4ccccc4c4c(-c5ccc(-c6cc(-c7cccc8c7sc7ccccc78)nc(-c7ccccc7)n6)cc5)c5c(cc34)oc3ccccc35)cc2)cc1. The third kappa shape index (κ3) is 5.93. The van der Waals surface area contributed by atoms with Gasteiger partial charge < -0.3 is 4.42 Å². The van der Waals surface area contributed by atoms with Gasteiger partial charge in [-0.15, -0.1) is 11.3 Å². The van der Waals surface area contributed by atoms with Crippen LogP contribution in [0.4, 0.5) is 0 Å². The van der Waals surface area contributed by atoms with E-state index in [1.807, 2.05) is 35.6 Å². The highest BCUT2D eigenvalue weighted by molar-refractivity contribution is 7.26. The monoisotopic (exact) mass is 833 g/mol. The Balaban J connectivity index is 1.02. The van der Waals surface area contributed by atoms with Crippen molar-refractivity contribution in [1.82, 2.24) is 15.0 Å². The molecule has 13 aromatic rings. The predicted octanol–water partition coefficient (Wildman–Crippen LogP) is 16.4. The second-order valence-electron chi connectivity index (χ2n) is 16.3. The maximum Gasteiger partial charge on any atom is 0.160 e. The molecule has 13 rings (SSSR count). The van der Waals surface area contributed by atoms with Crippen LogP contribution >= 0.6 is 11.3 Å². The normalized spacial score (nSPS) is 11.8. The molecule has 0 N–H and O–H groups in total. The minimum Gasteiger partial charge on any atom is -0.456 e. The van der Waals surface area contributed by atoms with Crippen LogP contribution in [0.1, 0.15) is 0 Å². The van der Waals surface area contributed by atoms with Crippen LogP contribution in [-0.4, -0.2) is 15.0 Å². The lowest BCUT2D eigenvalue weighted by Crippen LogP contribution is -1.96. The van der Waals surface area contributed by atoms with E-state index >= 15 is 0 Å². The fourth-order valence-electron chi connectivity index (χ4n) is 9.48. The molecule has 64 heavy (non-hydrogen) atoms. The minimum absolute atomic E-state index is 0.694. The van der Waals surface area contributed by atoms with E-state index in [1.165, 1.54) is 31.3 Å². The van der Waals surface area contributed by atoms with Crippen LogP contribution in [0.5, 0.6) is 0 Å². The van der Waals surface area contributed by atoms with E-state index in [0.717, 1.165) is 94.1 Å². The number of thiophene rings is 1. The fourth-order valence-corrected chi connectivity index (χ4v) is 10.7. The van der Waals surface area contributed by atoms with Gasteiger partial charge in [-0.05, 0) is 47.0 Å². The maximum absolute atomic E-state index is 6.71. The lowest BCUT2D eigenvalue weighted by molar-refractivity contribution is 0.669. The quantitative estimate of drug-likeness (QED) is 0.157. The van der Waals surface area contributed by atoms with Crippen molar-refractivity contribution in [3.05, 3.63) is 212 Å². The van der Waals surface area contributed by atoms with Crippen molar-refractivity contribution in [2.45, 2.75) is 0 Å². The summed E-state index contributed by atoms with van der Waals surface area (Å²) in [5.74, 6) is 0.694. The summed E-state index contributed by atoms with van der Waals surface area (Å²) in [6.07, 6.45) is 0. The summed E-state index contributed by atoms with van der Waals surface area (Å²) in [6.45, 7) is 0. The highest BCUT2D eigenvalue weighted by Crippen LogP contribution is 2.47. The molecular formula is C59H35N3OS. The number of benzene rings is 9. The first-order valence-corrected chi connectivity index (χ1v) is 22.3. The average molecular weight is 834 g/mol. The van der Waals surface area contributed by atoms with Gasteiger partial charge in [0.1, 0.15) is 11.2 Å². The van der Waals surface area contributed by atoms with Crippen molar-refractivity contribution in [2.24, 2.45) is 0 Å². The number of pyridine rings is 1. The van der Waals surface area contributed by atoms with Gasteiger partial charge in [-0.1, -0.05) is 182 Å². The van der Waals surface area contributed by atoms with E-state index in [0.29, 0.717) is 5.82 Å². The summed E-state index contributed by atoms with van der Waals surface area (Å²) in [5, 5.41) is 7.96. The van der Waals surface area contributed by atoms with Gasteiger partial charge in [-0.25, -0.2) is 15.0 Å². The zero-order valence-corrected chi connectivity index (χ0v) is 35.2. The second-order valence-corrected chi connectivity index (χ2v) is 17.3. The molecule has 0 aliphatic carbocycles. The Morgan fingerprint density at radius 3 is 1.78 bits per heavy atom. The largest absolute Gasteiger partial charge is 0.456 e. The number of rotatable bonds is 6. The molecule has 5 heteroatoms. The van der Waals surface area contributed by atoms with Gasteiger partial charge in [0.05, 0.1) is 22.6 Å². The molecule has 0 bridgehead atoms. The molecule has 0 unspecified atom stereocenters. The van der Waals surface area contributed by atoms with E-state index in [9.17, 15) is 0 Å². The molecule has 298 valence electrons. The molecule has 0 atom stereocenters. The molecule has 0 saturated heterocycles. The van der Waals surface area contributed by atoms with Crippen molar-refractivity contribution in [3.63, 3.8) is 0 Å². The summed E-state index contributed by atoms with van der Waals surface area (Å²) >= 11 is 1.82. The van der Waals surface area contributed by atoms with Gasteiger partial charge >= 0.3 is 0 Å². The van der Waals surface area contributed by atoms with Gasteiger partial charge in [0.25, 0.3) is 0 Å². The Labute approximate surface area is 372 Å². The zero-order valence-electron chi connectivity index (χ0n) is 34.4. The standard InChI is InChI=1S/C59H35N3OS/c1-3-14-36(15-4-1)37-26-32-40(33-27-37)57-47-34-52-56(46-20-8-11-24-51(46)63-52)54(55(47)44-19-7-10-23-48(44)60-57)39-30-28-38(29-31-39)49-35-50(62-59(61-49)41-16-5-2-6-17-41)45-22-13-21-43-42-18-9-12-25-53(42)64-58(43)45/h1-35H. The van der Waals surface area contributed by atoms with Crippen molar-refractivity contribution in [1.29, 1.82) is 0 Å². The molecule has 0 fully saturated rings. The highest BCUT2D eigenvalue weighted by atomic mass is 32.1. The van der Waals surface area contributed by atoms with E-state index < -0.39 is 0 Å². The smallest absolute Gasteiger partial charge is 0.160 e.